The first-order valence-electron chi connectivity index (χ1n) is 6.65. The van der Waals surface area contributed by atoms with Gasteiger partial charge in [0.25, 0.3) is 0 Å². The molecule has 4 nitrogen and oxygen atoms in total. The normalized spacial score (nSPS) is 10.7. The maximum Gasteiger partial charge on any atom is 0.122 e. The van der Waals surface area contributed by atoms with Gasteiger partial charge in [0, 0.05) is 17.7 Å². The molecule has 0 saturated heterocycles. The zero-order chi connectivity index (χ0) is 13.8. The molecule has 1 aromatic carbocycles. The number of aromatic nitrogens is 2. The number of H-pyrrole nitrogens is 1. The van der Waals surface area contributed by atoms with E-state index in [-0.39, 0.29) is 0 Å². The summed E-state index contributed by atoms with van der Waals surface area (Å²) in [5.74, 6) is 1.88. The van der Waals surface area contributed by atoms with Gasteiger partial charge in [0.1, 0.15) is 11.6 Å². The summed E-state index contributed by atoms with van der Waals surface area (Å²) in [7, 11) is 0. The number of hydrogen-bond acceptors (Lipinski definition) is 3. The second-order valence-electron chi connectivity index (χ2n) is 4.61. The van der Waals surface area contributed by atoms with Crippen molar-refractivity contribution in [2.75, 3.05) is 13.2 Å². The molecule has 19 heavy (non-hydrogen) atoms. The van der Waals surface area contributed by atoms with Gasteiger partial charge in [0.2, 0.25) is 0 Å². The van der Waals surface area contributed by atoms with Crippen molar-refractivity contribution in [2.24, 2.45) is 5.73 Å². The standard InChI is InChI=1S/C15H21N3O/c1-4-19-13-6-5-12(9-10(13)2)15-11(3)17-14(18-15)7-8-16/h5-6,9H,4,7-8,16H2,1-3H3,(H,17,18). The van der Waals surface area contributed by atoms with Gasteiger partial charge in [-0.3, -0.25) is 0 Å². The second-order valence-corrected chi connectivity index (χ2v) is 4.61. The Bertz CT molecular complexity index is 561. The molecule has 0 aliphatic rings. The smallest absolute Gasteiger partial charge is 0.122 e. The first-order chi connectivity index (χ1) is 9.15. The fraction of sp³-hybridized carbons (Fsp3) is 0.400. The molecule has 102 valence electrons. The molecule has 0 saturated carbocycles. The third kappa shape index (κ3) is 2.96. The lowest BCUT2D eigenvalue weighted by Crippen LogP contribution is -2.03. The molecule has 2 rings (SSSR count). The fourth-order valence-electron chi connectivity index (χ4n) is 2.17. The zero-order valence-electron chi connectivity index (χ0n) is 11.8. The Labute approximate surface area is 114 Å². The Hall–Kier alpha value is -1.81. The van der Waals surface area contributed by atoms with Gasteiger partial charge in [-0.05, 0) is 51.1 Å². The van der Waals surface area contributed by atoms with E-state index in [0.717, 1.165) is 40.5 Å². The van der Waals surface area contributed by atoms with Crippen LogP contribution in [0.2, 0.25) is 0 Å². The third-order valence-electron chi connectivity index (χ3n) is 3.06. The van der Waals surface area contributed by atoms with Gasteiger partial charge in [-0.25, -0.2) is 4.98 Å². The summed E-state index contributed by atoms with van der Waals surface area (Å²) < 4.78 is 5.56. The van der Waals surface area contributed by atoms with Crippen LogP contribution in [0.15, 0.2) is 18.2 Å². The predicted octanol–water partition coefficient (Wildman–Crippen LogP) is 2.59. The SMILES string of the molecule is CCOc1ccc(-c2nc(CCN)[nH]c2C)cc1C. The van der Waals surface area contributed by atoms with Crippen LogP contribution < -0.4 is 10.5 Å². The number of rotatable bonds is 5. The molecule has 0 radical (unpaired) electrons. The van der Waals surface area contributed by atoms with E-state index in [9.17, 15) is 0 Å². The summed E-state index contributed by atoms with van der Waals surface area (Å²) in [4.78, 5) is 7.89. The lowest BCUT2D eigenvalue weighted by atomic mass is 10.1. The van der Waals surface area contributed by atoms with Crippen LogP contribution in [-0.2, 0) is 6.42 Å². The van der Waals surface area contributed by atoms with E-state index in [1.54, 1.807) is 0 Å². The number of nitrogens with zero attached hydrogens (tertiary/aromatic N) is 1. The van der Waals surface area contributed by atoms with Crippen molar-refractivity contribution in [3.8, 4) is 17.0 Å². The minimum Gasteiger partial charge on any atom is -0.494 e. The highest BCUT2D eigenvalue weighted by molar-refractivity contribution is 5.64. The van der Waals surface area contributed by atoms with Crippen LogP contribution in [0.25, 0.3) is 11.3 Å². The Kier molecular flexibility index (Phi) is 4.22. The lowest BCUT2D eigenvalue weighted by Gasteiger charge is -2.08. The molecule has 0 atom stereocenters. The molecule has 0 unspecified atom stereocenters. The topological polar surface area (TPSA) is 63.9 Å². The number of nitrogens with two attached hydrogens (primary N) is 1. The number of hydrogen-bond donors (Lipinski definition) is 2. The predicted molar refractivity (Wildman–Crippen MR) is 77.4 cm³/mol. The van der Waals surface area contributed by atoms with Crippen LogP contribution >= 0.6 is 0 Å². The summed E-state index contributed by atoms with van der Waals surface area (Å²) >= 11 is 0. The van der Waals surface area contributed by atoms with Crippen LogP contribution in [0.5, 0.6) is 5.75 Å². The van der Waals surface area contributed by atoms with Crippen molar-refractivity contribution in [1.82, 2.24) is 9.97 Å². The number of aromatic amines is 1. The average Bonchev–Trinajstić information content (AvgIpc) is 2.74. The molecule has 3 N–H and O–H groups in total. The largest absolute Gasteiger partial charge is 0.494 e. The second kappa shape index (κ2) is 5.89. The minimum atomic E-state index is 0.606. The van der Waals surface area contributed by atoms with Crippen LogP contribution in [0.1, 0.15) is 24.0 Å². The molecule has 0 fully saturated rings. The summed E-state index contributed by atoms with van der Waals surface area (Å²) in [5.41, 5.74) is 9.87. The number of nitrogens with one attached hydrogen (secondary N) is 1. The molecule has 1 aromatic heterocycles. The van der Waals surface area contributed by atoms with Crippen molar-refractivity contribution in [1.29, 1.82) is 0 Å². The van der Waals surface area contributed by atoms with Crippen molar-refractivity contribution in [3.05, 3.63) is 35.3 Å². The monoisotopic (exact) mass is 259 g/mol. The van der Waals surface area contributed by atoms with E-state index >= 15 is 0 Å². The van der Waals surface area contributed by atoms with E-state index in [1.165, 1.54) is 0 Å². The van der Waals surface area contributed by atoms with Crippen molar-refractivity contribution in [2.45, 2.75) is 27.2 Å². The van der Waals surface area contributed by atoms with Crippen molar-refractivity contribution >= 4 is 0 Å². The van der Waals surface area contributed by atoms with Crippen molar-refractivity contribution in [3.63, 3.8) is 0 Å². The zero-order valence-corrected chi connectivity index (χ0v) is 11.8. The first kappa shape index (κ1) is 13.6. The maximum absolute atomic E-state index is 5.56. The Morgan fingerprint density at radius 1 is 1.32 bits per heavy atom. The summed E-state index contributed by atoms with van der Waals surface area (Å²) in [5, 5.41) is 0. The number of aryl methyl sites for hydroxylation is 2. The van der Waals surface area contributed by atoms with E-state index < -0.39 is 0 Å². The highest BCUT2D eigenvalue weighted by Crippen LogP contribution is 2.27. The Balaban J connectivity index is 2.33. The molecular formula is C15H21N3O. The van der Waals surface area contributed by atoms with Gasteiger partial charge < -0.3 is 15.5 Å². The molecule has 0 aliphatic heterocycles. The molecule has 4 heteroatoms. The molecular weight excluding hydrogens is 238 g/mol. The Morgan fingerprint density at radius 3 is 2.74 bits per heavy atom. The highest BCUT2D eigenvalue weighted by Gasteiger charge is 2.10. The minimum absolute atomic E-state index is 0.606. The molecule has 0 bridgehead atoms. The van der Waals surface area contributed by atoms with E-state index in [2.05, 4.69) is 23.0 Å². The van der Waals surface area contributed by atoms with Gasteiger partial charge >= 0.3 is 0 Å². The summed E-state index contributed by atoms with van der Waals surface area (Å²) in [6.45, 7) is 7.37. The molecule has 0 spiro atoms. The van der Waals surface area contributed by atoms with Gasteiger partial charge in [-0.1, -0.05) is 0 Å². The van der Waals surface area contributed by atoms with E-state index in [0.29, 0.717) is 13.2 Å². The first-order valence-corrected chi connectivity index (χ1v) is 6.65. The lowest BCUT2D eigenvalue weighted by molar-refractivity contribution is 0.338. The molecule has 0 amide bonds. The molecule has 1 heterocycles. The summed E-state index contributed by atoms with van der Waals surface area (Å²) in [6, 6.07) is 6.17. The Morgan fingerprint density at radius 2 is 2.11 bits per heavy atom. The van der Waals surface area contributed by atoms with E-state index in [4.69, 9.17) is 10.5 Å². The van der Waals surface area contributed by atoms with Gasteiger partial charge in [0.15, 0.2) is 0 Å². The number of benzene rings is 1. The number of ether oxygens (including phenoxy) is 1. The van der Waals surface area contributed by atoms with E-state index in [1.807, 2.05) is 26.0 Å². The quantitative estimate of drug-likeness (QED) is 0.867. The van der Waals surface area contributed by atoms with Crippen LogP contribution in [-0.4, -0.2) is 23.1 Å². The van der Waals surface area contributed by atoms with Gasteiger partial charge in [-0.15, -0.1) is 0 Å². The van der Waals surface area contributed by atoms with Crippen LogP contribution in [0, 0.1) is 13.8 Å². The fourth-order valence-corrected chi connectivity index (χ4v) is 2.17. The molecule has 0 aliphatic carbocycles. The van der Waals surface area contributed by atoms with Gasteiger partial charge in [0.05, 0.1) is 12.3 Å². The third-order valence-corrected chi connectivity index (χ3v) is 3.06. The average molecular weight is 259 g/mol. The van der Waals surface area contributed by atoms with Gasteiger partial charge in [-0.2, -0.15) is 0 Å². The number of imidazole rings is 1. The van der Waals surface area contributed by atoms with Crippen LogP contribution in [0.3, 0.4) is 0 Å². The summed E-state index contributed by atoms with van der Waals surface area (Å²) in [6.07, 6.45) is 0.775. The van der Waals surface area contributed by atoms with Crippen molar-refractivity contribution < 1.29 is 4.74 Å². The molecule has 2 aromatic rings. The maximum atomic E-state index is 5.56. The highest BCUT2D eigenvalue weighted by atomic mass is 16.5. The van der Waals surface area contributed by atoms with Crippen LogP contribution in [0.4, 0.5) is 0 Å².